The molecule has 0 aliphatic heterocycles. The molecule has 17 heavy (non-hydrogen) atoms. The summed E-state index contributed by atoms with van der Waals surface area (Å²) in [6.07, 6.45) is 0.650. The van der Waals surface area contributed by atoms with Crippen molar-refractivity contribution < 1.29 is 13.9 Å². The minimum Gasteiger partial charge on any atom is -0.461 e. The van der Waals surface area contributed by atoms with Crippen LogP contribution in [0.5, 0.6) is 0 Å². The molecule has 90 valence electrons. The van der Waals surface area contributed by atoms with Crippen molar-refractivity contribution >= 4 is 16.9 Å². The largest absolute Gasteiger partial charge is 0.461 e. The SMILES string of the molecule is CCOC(=O)c1[nH]c2c(F)cccc2c1CC. The zero-order valence-corrected chi connectivity index (χ0v) is 9.84. The van der Waals surface area contributed by atoms with Gasteiger partial charge in [-0.2, -0.15) is 0 Å². The van der Waals surface area contributed by atoms with Crippen LogP contribution in [-0.4, -0.2) is 17.6 Å². The summed E-state index contributed by atoms with van der Waals surface area (Å²) >= 11 is 0. The maximum atomic E-state index is 13.6. The lowest BCUT2D eigenvalue weighted by molar-refractivity contribution is 0.0519. The number of hydrogen-bond acceptors (Lipinski definition) is 2. The maximum absolute atomic E-state index is 13.6. The summed E-state index contributed by atoms with van der Waals surface area (Å²) in [5, 5.41) is 0.746. The van der Waals surface area contributed by atoms with Gasteiger partial charge in [-0.3, -0.25) is 0 Å². The van der Waals surface area contributed by atoms with E-state index < -0.39 is 5.97 Å². The van der Waals surface area contributed by atoms with E-state index >= 15 is 0 Å². The lowest BCUT2D eigenvalue weighted by Gasteiger charge is -2.01. The van der Waals surface area contributed by atoms with Gasteiger partial charge in [-0.1, -0.05) is 19.1 Å². The number of carbonyl (C=O) groups excluding carboxylic acids is 1. The van der Waals surface area contributed by atoms with Gasteiger partial charge in [-0.05, 0) is 25.0 Å². The highest BCUT2D eigenvalue weighted by molar-refractivity contribution is 5.98. The Morgan fingerprint density at radius 1 is 1.41 bits per heavy atom. The molecule has 0 bridgehead atoms. The van der Waals surface area contributed by atoms with E-state index in [1.54, 1.807) is 19.1 Å². The standard InChI is InChI=1S/C13H14FNO2/c1-3-8-9-6-5-7-10(14)11(9)15-12(8)13(16)17-4-2/h5-7,15H,3-4H2,1-2H3. The summed E-state index contributed by atoms with van der Waals surface area (Å²) in [5.41, 5.74) is 1.53. The predicted octanol–water partition coefficient (Wildman–Crippen LogP) is 3.05. The van der Waals surface area contributed by atoms with Crippen LogP contribution < -0.4 is 0 Å². The lowest BCUT2D eigenvalue weighted by atomic mass is 10.1. The second kappa shape index (κ2) is 4.57. The first-order valence-corrected chi connectivity index (χ1v) is 5.65. The third-order valence-corrected chi connectivity index (χ3v) is 2.72. The first-order chi connectivity index (χ1) is 8.19. The number of H-pyrrole nitrogens is 1. The van der Waals surface area contributed by atoms with Crippen LogP contribution in [0.4, 0.5) is 4.39 Å². The van der Waals surface area contributed by atoms with Crippen LogP contribution in [0.2, 0.25) is 0 Å². The van der Waals surface area contributed by atoms with Gasteiger partial charge in [0.2, 0.25) is 0 Å². The van der Waals surface area contributed by atoms with E-state index in [0.717, 1.165) is 10.9 Å². The summed E-state index contributed by atoms with van der Waals surface area (Å²) in [6, 6.07) is 4.81. The zero-order chi connectivity index (χ0) is 12.4. The zero-order valence-electron chi connectivity index (χ0n) is 9.84. The Hall–Kier alpha value is -1.84. The molecule has 1 aromatic heterocycles. The molecule has 0 saturated carbocycles. The molecule has 1 aromatic carbocycles. The monoisotopic (exact) mass is 235 g/mol. The van der Waals surface area contributed by atoms with Crippen molar-refractivity contribution in [3.63, 3.8) is 0 Å². The predicted molar refractivity (Wildman–Crippen MR) is 63.6 cm³/mol. The van der Waals surface area contributed by atoms with Gasteiger partial charge in [0.05, 0.1) is 12.1 Å². The van der Waals surface area contributed by atoms with Gasteiger partial charge < -0.3 is 9.72 Å². The van der Waals surface area contributed by atoms with E-state index in [-0.39, 0.29) is 5.82 Å². The van der Waals surface area contributed by atoms with Crippen molar-refractivity contribution in [3.8, 4) is 0 Å². The van der Waals surface area contributed by atoms with Crippen LogP contribution in [0.1, 0.15) is 29.9 Å². The second-order valence-electron chi connectivity index (χ2n) is 3.71. The van der Waals surface area contributed by atoms with E-state index in [9.17, 15) is 9.18 Å². The summed E-state index contributed by atoms with van der Waals surface area (Å²) in [5.74, 6) is -0.785. The highest BCUT2D eigenvalue weighted by atomic mass is 19.1. The fourth-order valence-electron chi connectivity index (χ4n) is 1.98. The van der Waals surface area contributed by atoms with Gasteiger partial charge in [0.1, 0.15) is 11.5 Å². The number of aromatic nitrogens is 1. The molecule has 0 radical (unpaired) electrons. The van der Waals surface area contributed by atoms with Gasteiger partial charge in [0.15, 0.2) is 0 Å². The van der Waals surface area contributed by atoms with E-state index in [1.807, 2.05) is 6.92 Å². The number of rotatable bonds is 3. The summed E-state index contributed by atoms with van der Waals surface area (Å²) < 4.78 is 18.5. The first kappa shape index (κ1) is 11.6. The lowest BCUT2D eigenvalue weighted by Crippen LogP contribution is -2.07. The van der Waals surface area contributed by atoms with Gasteiger partial charge in [-0.15, -0.1) is 0 Å². The molecular formula is C13H14FNO2. The van der Waals surface area contributed by atoms with Crippen LogP contribution >= 0.6 is 0 Å². The van der Waals surface area contributed by atoms with Crippen molar-refractivity contribution in [3.05, 3.63) is 35.3 Å². The first-order valence-electron chi connectivity index (χ1n) is 5.65. The summed E-state index contributed by atoms with van der Waals surface area (Å²) in [7, 11) is 0. The number of para-hydroxylation sites is 1. The average Bonchev–Trinajstić information content (AvgIpc) is 2.69. The maximum Gasteiger partial charge on any atom is 0.355 e. The number of aryl methyl sites for hydroxylation is 1. The molecule has 2 rings (SSSR count). The molecular weight excluding hydrogens is 221 g/mol. The molecule has 3 nitrogen and oxygen atoms in total. The number of esters is 1. The van der Waals surface area contributed by atoms with Gasteiger partial charge >= 0.3 is 5.97 Å². The molecule has 0 fully saturated rings. The van der Waals surface area contributed by atoms with Gasteiger partial charge in [0.25, 0.3) is 0 Å². The fourth-order valence-corrected chi connectivity index (χ4v) is 1.98. The third-order valence-electron chi connectivity index (χ3n) is 2.72. The fraction of sp³-hybridized carbons (Fsp3) is 0.308. The summed E-state index contributed by atoms with van der Waals surface area (Å²) in [6.45, 7) is 3.98. The van der Waals surface area contributed by atoms with Crippen LogP contribution in [0.3, 0.4) is 0 Å². The Morgan fingerprint density at radius 2 is 2.18 bits per heavy atom. The number of nitrogens with one attached hydrogen (secondary N) is 1. The van der Waals surface area contributed by atoms with Crippen LogP contribution in [0.15, 0.2) is 18.2 Å². The van der Waals surface area contributed by atoms with Crippen molar-refractivity contribution in [2.24, 2.45) is 0 Å². The molecule has 2 aromatic rings. The Morgan fingerprint density at radius 3 is 2.82 bits per heavy atom. The molecule has 4 heteroatoms. The minimum absolute atomic E-state index is 0.305. The van der Waals surface area contributed by atoms with E-state index in [4.69, 9.17) is 4.74 Å². The van der Waals surface area contributed by atoms with E-state index in [1.165, 1.54) is 6.07 Å². The average molecular weight is 235 g/mol. The van der Waals surface area contributed by atoms with Crippen LogP contribution in [-0.2, 0) is 11.2 Å². The molecule has 1 heterocycles. The molecule has 0 atom stereocenters. The molecule has 0 aliphatic rings. The minimum atomic E-state index is -0.431. The van der Waals surface area contributed by atoms with Crippen molar-refractivity contribution in [1.82, 2.24) is 4.98 Å². The molecule has 0 amide bonds. The smallest absolute Gasteiger partial charge is 0.355 e. The number of halogens is 1. The topological polar surface area (TPSA) is 42.1 Å². The van der Waals surface area contributed by atoms with Crippen molar-refractivity contribution in [1.29, 1.82) is 0 Å². The number of ether oxygens (including phenoxy) is 1. The Kier molecular flexibility index (Phi) is 3.13. The molecule has 0 unspecified atom stereocenters. The number of benzene rings is 1. The molecule has 0 saturated heterocycles. The normalized spacial score (nSPS) is 10.8. The van der Waals surface area contributed by atoms with Crippen LogP contribution in [0, 0.1) is 5.82 Å². The van der Waals surface area contributed by atoms with Crippen molar-refractivity contribution in [2.45, 2.75) is 20.3 Å². The van der Waals surface area contributed by atoms with Crippen molar-refractivity contribution in [2.75, 3.05) is 6.61 Å². The second-order valence-corrected chi connectivity index (χ2v) is 3.71. The Bertz CT molecular complexity index is 560. The van der Waals surface area contributed by atoms with E-state index in [2.05, 4.69) is 4.98 Å². The number of fused-ring (bicyclic) bond motifs is 1. The van der Waals surface area contributed by atoms with Gasteiger partial charge in [0, 0.05) is 5.39 Å². The van der Waals surface area contributed by atoms with Crippen LogP contribution in [0.25, 0.3) is 10.9 Å². The quantitative estimate of drug-likeness (QED) is 0.831. The highest BCUT2D eigenvalue weighted by Crippen LogP contribution is 2.25. The highest BCUT2D eigenvalue weighted by Gasteiger charge is 2.18. The number of aromatic amines is 1. The number of carbonyl (C=O) groups is 1. The summed E-state index contributed by atoms with van der Waals surface area (Å²) in [4.78, 5) is 14.5. The number of hydrogen-bond donors (Lipinski definition) is 1. The molecule has 1 N–H and O–H groups in total. The Balaban J connectivity index is 2.63. The molecule has 0 spiro atoms. The third kappa shape index (κ3) is 1.90. The Labute approximate surface area is 98.6 Å². The van der Waals surface area contributed by atoms with E-state index in [0.29, 0.717) is 24.2 Å². The van der Waals surface area contributed by atoms with Gasteiger partial charge in [-0.25, -0.2) is 9.18 Å². The molecule has 0 aliphatic carbocycles.